The standard InChI is InChI=1S/C11H20FNO/c12-11(9-13-6-7-14-11)8-10-4-2-1-3-5-10/h10,13H,1-9H2. The van der Waals surface area contributed by atoms with Gasteiger partial charge in [-0.3, -0.25) is 0 Å². The number of hydrogen-bond acceptors (Lipinski definition) is 2. The van der Waals surface area contributed by atoms with Gasteiger partial charge in [0.05, 0.1) is 13.2 Å². The van der Waals surface area contributed by atoms with Gasteiger partial charge >= 0.3 is 0 Å². The van der Waals surface area contributed by atoms with E-state index in [9.17, 15) is 4.39 Å². The Morgan fingerprint density at radius 3 is 2.71 bits per heavy atom. The molecule has 82 valence electrons. The summed E-state index contributed by atoms with van der Waals surface area (Å²) in [7, 11) is 0. The molecule has 1 aliphatic carbocycles. The number of ether oxygens (including phenoxy) is 1. The first-order valence-electron chi connectivity index (χ1n) is 5.82. The summed E-state index contributed by atoms with van der Waals surface area (Å²) >= 11 is 0. The van der Waals surface area contributed by atoms with Crippen LogP contribution in [0.25, 0.3) is 0 Å². The van der Waals surface area contributed by atoms with Crippen LogP contribution in [-0.4, -0.2) is 25.6 Å². The molecule has 1 saturated heterocycles. The van der Waals surface area contributed by atoms with Gasteiger partial charge in [-0.05, 0) is 5.92 Å². The van der Waals surface area contributed by atoms with Crippen LogP contribution in [0.15, 0.2) is 0 Å². The van der Waals surface area contributed by atoms with Crippen molar-refractivity contribution in [2.45, 2.75) is 44.4 Å². The number of hydrogen-bond donors (Lipinski definition) is 1. The molecule has 1 saturated carbocycles. The highest BCUT2D eigenvalue weighted by Crippen LogP contribution is 2.33. The molecule has 2 fully saturated rings. The third-order valence-corrected chi connectivity index (χ3v) is 3.35. The first kappa shape index (κ1) is 10.4. The second-order valence-electron chi connectivity index (χ2n) is 4.62. The summed E-state index contributed by atoms with van der Waals surface area (Å²) in [6.07, 6.45) is 6.85. The van der Waals surface area contributed by atoms with Crippen molar-refractivity contribution in [2.24, 2.45) is 5.92 Å². The second kappa shape index (κ2) is 4.58. The van der Waals surface area contributed by atoms with Gasteiger partial charge in [0.25, 0.3) is 0 Å². The Labute approximate surface area is 85.2 Å². The Balaban J connectivity index is 1.81. The zero-order chi connectivity index (χ0) is 9.86. The van der Waals surface area contributed by atoms with Crippen LogP contribution in [0.2, 0.25) is 0 Å². The van der Waals surface area contributed by atoms with Gasteiger partial charge in [0, 0.05) is 13.0 Å². The predicted molar refractivity (Wildman–Crippen MR) is 53.9 cm³/mol. The van der Waals surface area contributed by atoms with E-state index in [-0.39, 0.29) is 0 Å². The Bertz CT molecular complexity index is 174. The molecule has 3 heteroatoms. The Kier molecular flexibility index (Phi) is 3.39. The van der Waals surface area contributed by atoms with Gasteiger partial charge in [-0.15, -0.1) is 0 Å². The fraction of sp³-hybridized carbons (Fsp3) is 1.00. The van der Waals surface area contributed by atoms with Crippen LogP contribution in [-0.2, 0) is 4.74 Å². The lowest BCUT2D eigenvalue weighted by Gasteiger charge is -2.34. The fourth-order valence-corrected chi connectivity index (χ4v) is 2.59. The Hall–Kier alpha value is -0.150. The normalized spacial score (nSPS) is 35.8. The monoisotopic (exact) mass is 201 g/mol. The molecule has 0 aromatic carbocycles. The largest absolute Gasteiger partial charge is 0.343 e. The number of halogens is 1. The molecule has 0 aromatic heterocycles. The maximum absolute atomic E-state index is 14.1. The van der Waals surface area contributed by atoms with E-state index in [1.165, 1.54) is 32.1 Å². The van der Waals surface area contributed by atoms with Crippen LogP contribution < -0.4 is 5.32 Å². The minimum atomic E-state index is -1.37. The third kappa shape index (κ3) is 2.67. The highest BCUT2D eigenvalue weighted by molar-refractivity contribution is 4.80. The van der Waals surface area contributed by atoms with Crippen molar-refractivity contribution in [2.75, 3.05) is 19.7 Å². The topological polar surface area (TPSA) is 21.3 Å². The van der Waals surface area contributed by atoms with Gasteiger partial charge < -0.3 is 10.1 Å². The van der Waals surface area contributed by atoms with Crippen molar-refractivity contribution >= 4 is 0 Å². The molecule has 2 nitrogen and oxygen atoms in total. The SMILES string of the molecule is FC1(CC2CCCCC2)CNCCO1. The first-order valence-corrected chi connectivity index (χ1v) is 5.82. The van der Waals surface area contributed by atoms with Crippen LogP contribution >= 0.6 is 0 Å². The number of nitrogens with one attached hydrogen (secondary N) is 1. The van der Waals surface area contributed by atoms with Gasteiger partial charge in [0.1, 0.15) is 0 Å². The summed E-state index contributed by atoms with van der Waals surface area (Å²) in [6.45, 7) is 1.68. The zero-order valence-electron chi connectivity index (χ0n) is 8.73. The molecule has 1 unspecified atom stereocenters. The van der Waals surface area contributed by atoms with Crippen molar-refractivity contribution in [3.63, 3.8) is 0 Å². The van der Waals surface area contributed by atoms with E-state index < -0.39 is 5.85 Å². The van der Waals surface area contributed by atoms with Crippen molar-refractivity contribution in [1.82, 2.24) is 5.32 Å². The van der Waals surface area contributed by atoms with Gasteiger partial charge in [0.15, 0.2) is 0 Å². The molecule has 1 atom stereocenters. The van der Waals surface area contributed by atoms with E-state index in [0.29, 0.717) is 25.5 Å². The molecular formula is C11H20FNO. The van der Waals surface area contributed by atoms with Crippen molar-refractivity contribution < 1.29 is 9.13 Å². The molecule has 0 radical (unpaired) electrons. The summed E-state index contributed by atoms with van der Waals surface area (Å²) in [5.41, 5.74) is 0. The second-order valence-corrected chi connectivity index (χ2v) is 4.62. The molecule has 2 rings (SSSR count). The van der Waals surface area contributed by atoms with Gasteiger partial charge in [0.2, 0.25) is 5.85 Å². The lowest BCUT2D eigenvalue weighted by atomic mass is 9.84. The molecular weight excluding hydrogens is 181 g/mol. The molecule has 1 heterocycles. The summed E-state index contributed by atoms with van der Waals surface area (Å²) in [5.74, 6) is -0.825. The van der Waals surface area contributed by atoms with Crippen LogP contribution in [0.3, 0.4) is 0 Å². The van der Waals surface area contributed by atoms with Crippen LogP contribution in [0.4, 0.5) is 4.39 Å². The molecule has 0 bridgehead atoms. The Morgan fingerprint density at radius 1 is 1.29 bits per heavy atom. The highest BCUT2D eigenvalue weighted by Gasteiger charge is 2.35. The zero-order valence-corrected chi connectivity index (χ0v) is 8.73. The maximum atomic E-state index is 14.1. The molecule has 0 aromatic rings. The van der Waals surface area contributed by atoms with Gasteiger partial charge in [-0.2, -0.15) is 0 Å². The van der Waals surface area contributed by atoms with Crippen LogP contribution in [0, 0.1) is 5.92 Å². The lowest BCUT2D eigenvalue weighted by molar-refractivity contribution is -0.171. The number of alkyl halides is 1. The van der Waals surface area contributed by atoms with Crippen LogP contribution in [0.5, 0.6) is 0 Å². The van der Waals surface area contributed by atoms with Gasteiger partial charge in [-0.1, -0.05) is 32.1 Å². The number of rotatable bonds is 2. The quantitative estimate of drug-likeness (QED) is 0.740. The van der Waals surface area contributed by atoms with E-state index in [0.717, 1.165) is 6.54 Å². The van der Waals surface area contributed by atoms with Crippen LogP contribution in [0.1, 0.15) is 38.5 Å². The van der Waals surface area contributed by atoms with Crippen molar-refractivity contribution in [3.05, 3.63) is 0 Å². The van der Waals surface area contributed by atoms with Crippen molar-refractivity contribution in [1.29, 1.82) is 0 Å². The summed E-state index contributed by atoms with van der Waals surface area (Å²) < 4.78 is 19.3. The first-order chi connectivity index (χ1) is 6.79. The van der Waals surface area contributed by atoms with Gasteiger partial charge in [-0.25, -0.2) is 4.39 Å². The highest BCUT2D eigenvalue weighted by atomic mass is 19.2. The molecule has 1 aliphatic heterocycles. The predicted octanol–water partition coefficient (Wildman–Crippen LogP) is 2.24. The average Bonchev–Trinajstić information content (AvgIpc) is 2.19. The average molecular weight is 201 g/mol. The van der Waals surface area contributed by atoms with Crippen molar-refractivity contribution in [3.8, 4) is 0 Å². The third-order valence-electron chi connectivity index (χ3n) is 3.35. The van der Waals surface area contributed by atoms with E-state index in [2.05, 4.69) is 5.32 Å². The molecule has 14 heavy (non-hydrogen) atoms. The fourth-order valence-electron chi connectivity index (χ4n) is 2.59. The Morgan fingerprint density at radius 2 is 2.07 bits per heavy atom. The summed E-state index contributed by atoms with van der Waals surface area (Å²) in [5, 5.41) is 3.06. The molecule has 0 amide bonds. The molecule has 0 spiro atoms. The van der Waals surface area contributed by atoms with E-state index in [4.69, 9.17) is 4.74 Å². The maximum Gasteiger partial charge on any atom is 0.222 e. The summed E-state index contributed by atoms with van der Waals surface area (Å²) in [6, 6.07) is 0. The molecule has 2 aliphatic rings. The lowest BCUT2D eigenvalue weighted by Crippen LogP contribution is -2.47. The van der Waals surface area contributed by atoms with E-state index in [1.54, 1.807) is 0 Å². The summed E-state index contributed by atoms with van der Waals surface area (Å²) in [4.78, 5) is 0. The minimum Gasteiger partial charge on any atom is -0.343 e. The number of morpholine rings is 1. The van der Waals surface area contributed by atoms with E-state index >= 15 is 0 Å². The van der Waals surface area contributed by atoms with E-state index in [1.807, 2.05) is 0 Å². The minimum absolute atomic E-state index is 0.378. The smallest absolute Gasteiger partial charge is 0.222 e. The molecule has 1 N–H and O–H groups in total.